The summed E-state index contributed by atoms with van der Waals surface area (Å²) in [6, 6.07) is 0. The molecular weight excluding hydrogens is 321 g/mol. The van der Waals surface area contributed by atoms with Gasteiger partial charge < -0.3 is 0 Å². The SMILES string of the molecule is CCCCCC1CCC(C2CCC(/C=C/CCC(F)(F)F)CC2)CC1. The van der Waals surface area contributed by atoms with Gasteiger partial charge in [0.05, 0.1) is 0 Å². The van der Waals surface area contributed by atoms with Gasteiger partial charge in [0.2, 0.25) is 0 Å². The van der Waals surface area contributed by atoms with Gasteiger partial charge in [0.15, 0.2) is 0 Å². The molecule has 0 atom stereocenters. The summed E-state index contributed by atoms with van der Waals surface area (Å²) >= 11 is 0. The summed E-state index contributed by atoms with van der Waals surface area (Å²) in [5, 5.41) is 0. The zero-order valence-electron chi connectivity index (χ0n) is 16.0. The molecule has 0 aliphatic heterocycles. The molecule has 0 aromatic carbocycles. The fraction of sp³-hybridized carbons (Fsp3) is 0.909. The highest BCUT2D eigenvalue weighted by Crippen LogP contribution is 2.42. The molecule has 2 fully saturated rings. The highest BCUT2D eigenvalue weighted by atomic mass is 19.4. The van der Waals surface area contributed by atoms with Gasteiger partial charge in [-0.1, -0.05) is 57.6 Å². The van der Waals surface area contributed by atoms with Crippen LogP contribution in [-0.4, -0.2) is 6.18 Å². The normalized spacial score (nSPS) is 31.5. The Morgan fingerprint density at radius 1 is 0.840 bits per heavy atom. The van der Waals surface area contributed by atoms with Crippen molar-refractivity contribution in [1.82, 2.24) is 0 Å². The highest BCUT2D eigenvalue weighted by molar-refractivity contribution is 4.92. The van der Waals surface area contributed by atoms with E-state index in [0.717, 1.165) is 17.8 Å². The van der Waals surface area contributed by atoms with E-state index in [1.807, 2.05) is 0 Å². The van der Waals surface area contributed by atoms with Crippen LogP contribution in [-0.2, 0) is 0 Å². The first-order valence-corrected chi connectivity index (χ1v) is 10.7. The Kier molecular flexibility index (Phi) is 8.85. The lowest BCUT2D eigenvalue weighted by atomic mass is 9.68. The predicted octanol–water partition coefficient (Wildman–Crippen LogP) is 8.08. The molecule has 0 aromatic rings. The Bertz CT molecular complexity index is 369. The second-order valence-corrected chi connectivity index (χ2v) is 8.53. The van der Waals surface area contributed by atoms with Crippen LogP contribution in [0.1, 0.15) is 96.8 Å². The molecule has 146 valence electrons. The largest absolute Gasteiger partial charge is 0.389 e. The Hall–Kier alpha value is -0.470. The average molecular weight is 359 g/mol. The highest BCUT2D eigenvalue weighted by Gasteiger charge is 2.30. The van der Waals surface area contributed by atoms with Crippen LogP contribution in [0.25, 0.3) is 0 Å². The third-order valence-corrected chi connectivity index (χ3v) is 6.59. The molecule has 2 saturated carbocycles. The lowest BCUT2D eigenvalue weighted by Crippen LogP contribution is -2.25. The lowest BCUT2D eigenvalue weighted by molar-refractivity contribution is -0.133. The number of alkyl halides is 3. The second-order valence-electron chi connectivity index (χ2n) is 8.53. The van der Waals surface area contributed by atoms with Gasteiger partial charge in [-0.2, -0.15) is 13.2 Å². The molecule has 2 aliphatic rings. The van der Waals surface area contributed by atoms with Crippen LogP contribution >= 0.6 is 0 Å². The third kappa shape index (κ3) is 8.17. The van der Waals surface area contributed by atoms with Gasteiger partial charge in [-0.3, -0.25) is 0 Å². The standard InChI is InChI=1S/C22H37F3/c1-2-3-4-7-18-9-13-20(14-10-18)21-15-11-19(12-16-21)8-5-6-17-22(23,24)25/h5,8,18-21H,2-4,6-7,9-17H2,1H3/b8-5+. The van der Waals surface area contributed by atoms with Crippen LogP contribution in [0.3, 0.4) is 0 Å². The summed E-state index contributed by atoms with van der Waals surface area (Å²) in [5.74, 6) is 3.32. The molecule has 0 saturated heterocycles. The van der Waals surface area contributed by atoms with Crippen LogP contribution in [0.4, 0.5) is 13.2 Å². The maximum atomic E-state index is 12.2. The van der Waals surface area contributed by atoms with E-state index in [1.165, 1.54) is 77.0 Å². The van der Waals surface area contributed by atoms with E-state index >= 15 is 0 Å². The minimum absolute atomic E-state index is 0.144. The zero-order chi connectivity index (χ0) is 18.1. The Morgan fingerprint density at radius 2 is 1.44 bits per heavy atom. The first kappa shape index (κ1) is 20.8. The van der Waals surface area contributed by atoms with Crippen molar-refractivity contribution < 1.29 is 13.2 Å². The Labute approximate surface area is 152 Å². The summed E-state index contributed by atoms with van der Waals surface area (Å²) < 4.78 is 36.5. The average Bonchev–Trinajstić information content (AvgIpc) is 2.59. The van der Waals surface area contributed by atoms with E-state index in [-0.39, 0.29) is 6.42 Å². The van der Waals surface area contributed by atoms with Crippen molar-refractivity contribution in [2.24, 2.45) is 23.7 Å². The molecule has 0 aromatic heterocycles. The van der Waals surface area contributed by atoms with Crippen molar-refractivity contribution in [3.8, 4) is 0 Å². The predicted molar refractivity (Wildman–Crippen MR) is 99.5 cm³/mol. The van der Waals surface area contributed by atoms with E-state index in [9.17, 15) is 13.2 Å². The monoisotopic (exact) mass is 358 g/mol. The molecule has 0 heterocycles. The van der Waals surface area contributed by atoms with Crippen molar-refractivity contribution in [3.63, 3.8) is 0 Å². The van der Waals surface area contributed by atoms with E-state index < -0.39 is 12.6 Å². The van der Waals surface area contributed by atoms with Crippen LogP contribution in [0.15, 0.2) is 12.2 Å². The van der Waals surface area contributed by atoms with Crippen molar-refractivity contribution in [2.75, 3.05) is 0 Å². The summed E-state index contributed by atoms with van der Waals surface area (Å²) in [6.07, 6.45) is 15.5. The van der Waals surface area contributed by atoms with Gasteiger partial charge in [-0.05, 0) is 68.6 Å². The molecule has 3 heteroatoms. The minimum Gasteiger partial charge on any atom is -0.171 e. The fourth-order valence-corrected chi connectivity index (χ4v) is 4.98. The number of allylic oxidation sites excluding steroid dienone is 2. The van der Waals surface area contributed by atoms with Gasteiger partial charge in [-0.25, -0.2) is 0 Å². The molecule has 0 amide bonds. The quantitative estimate of drug-likeness (QED) is 0.304. The van der Waals surface area contributed by atoms with Gasteiger partial charge >= 0.3 is 6.18 Å². The molecule has 2 rings (SSSR count). The Morgan fingerprint density at radius 3 is 2.00 bits per heavy atom. The number of halogens is 3. The molecule has 0 nitrogen and oxygen atoms in total. The van der Waals surface area contributed by atoms with Crippen molar-refractivity contribution in [2.45, 2.75) is 103 Å². The maximum absolute atomic E-state index is 12.2. The molecule has 25 heavy (non-hydrogen) atoms. The fourth-order valence-electron chi connectivity index (χ4n) is 4.98. The van der Waals surface area contributed by atoms with Gasteiger partial charge in [-0.15, -0.1) is 0 Å². The van der Waals surface area contributed by atoms with Crippen molar-refractivity contribution in [1.29, 1.82) is 0 Å². The second kappa shape index (κ2) is 10.6. The number of hydrogen-bond donors (Lipinski definition) is 0. The molecule has 0 radical (unpaired) electrons. The number of hydrogen-bond acceptors (Lipinski definition) is 0. The summed E-state index contributed by atoms with van der Waals surface area (Å²) in [4.78, 5) is 0. The van der Waals surface area contributed by atoms with Crippen molar-refractivity contribution >= 4 is 0 Å². The van der Waals surface area contributed by atoms with Crippen LogP contribution in [0.2, 0.25) is 0 Å². The minimum atomic E-state index is -4.02. The lowest BCUT2D eigenvalue weighted by Gasteiger charge is -2.37. The summed E-state index contributed by atoms with van der Waals surface area (Å²) in [6.45, 7) is 2.28. The third-order valence-electron chi connectivity index (χ3n) is 6.59. The number of unbranched alkanes of at least 4 members (excludes halogenated alkanes) is 2. The first-order chi connectivity index (χ1) is 12.0. The van der Waals surface area contributed by atoms with E-state index in [0.29, 0.717) is 5.92 Å². The molecular formula is C22H37F3. The van der Waals surface area contributed by atoms with Gasteiger partial charge in [0.25, 0.3) is 0 Å². The summed E-state index contributed by atoms with van der Waals surface area (Å²) in [7, 11) is 0. The molecule has 2 aliphatic carbocycles. The van der Waals surface area contributed by atoms with Crippen LogP contribution < -0.4 is 0 Å². The molecule has 0 bridgehead atoms. The zero-order valence-corrected chi connectivity index (χ0v) is 16.0. The van der Waals surface area contributed by atoms with Gasteiger partial charge in [0, 0.05) is 6.42 Å². The molecule has 0 N–H and O–H groups in total. The van der Waals surface area contributed by atoms with Crippen molar-refractivity contribution in [3.05, 3.63) is 12.2 Å². The molecule has 0 unspecified atom stereocenters. The summed E-state index contributed by atoms with van der Waals surface area (Å²) in [5.41, 5.74) is 0. The van der Waals surface area contributed by atoms with Crippen LogP contribution in [0, 0.1) is 23.7 Å². The van der Waals surface area contributed by atoms with Gasteiger partial charge in [0.1, 0.15) is 0 Å². The molecule has 0 spiro atoms. The van der Waals surface area contributed by atoms with E-state index in [4.69, 9.17) is 0 Å². The first-order valence-electron chi connectivity index (χ1n) is 10.7. The topological polar surface area (TPSA) is 0 Å². The Balaban J connectivity index is 1.60. The van der Waals surface area contributed by atoms with Crippen LogP contribution in [0.5, 0.6) is 0 Å². The van der Waals surface area contributed by atoms with E-state index in [2.05, 4.69) is 13.0 Å². The maximum Gasteiger partial charge on any atom is 0.389 e. The van der Waals surface area contributed by atoms with E-state index in [1.54, 1.807) is 6.08 Å². The smallest absolute Gasteiger partial charge is 0.171 e. The number of rotatable bonds is 8.